The Labute approximate surface area is 188 Å². The third kappa shape index (κ3) is 7.12. The van der Waals surface area contributed by atoms with Crippen molar-refractivity contribution in [1.29, 1.82) is 0 Å². The molecule has 1 aliphatic rings. The molecule has 1 fully saturated rings. The quantitative estimate of drug-likeness (QED) is 0.197. The highest BCUT2D eigenvalue weighted by Crippen LogP contribution is 2.18. The van der Waals surface area contributed by atoms with E-state index in [1.54, 1.807) is 31.3 Å². The van der Waals surface area contributed by atoms with E-state index >= 15 is 0 Å². The van der Waals surface area contributed by atoms with Crippen LogP contribution in [0.25, 0.3) is 0 Å². The molecule has 0 saturated carbocycles. The lowest BCUT2D eigenvalue weighted by molar-refractivity contribution is -0.149. The molecule has 1 saturated heterocycles. The van der Waals surface area contributed by atoms with Gasteiger partial charge in [0.1, 0.15) is 0 Å². The van der Waals surface area contributed by atoms with Gasteiger partial charge in [-0.25, -0.2) is 0 Å². The van der Waals surface area contributed by atoms with Gasteiger partial charge in [-0.3, -0.25) is 14.6 Å². The molecule has 0 radical (unpaired) electrons. The van der Waals surface area contributed by atoms with Gasteiger partial charge in [0.15, 0.2) is 5.96 Å². The maximum atomic E-state index is 12.1. The van der Waals surface area contributed by atoms with Crippen LogP contribution in [0.2, 0.25) is 5.02 Å². The number of hydrogen-bond acceptors (Lipinski definition) is 4. The summed E-state index contributed by atoms with van der Waals surface area (Å²) in [4.78, 5) is 30.5. The molecule has 2 N–H and O–H groups in total. The van der Waals surface area contributed by atoms with Crippen LogP contribution in [0.1, 0.15) is 30.1 Å². The van der Waals surface area contributed by atoms with E-state index in [1.165, 1.54) is 0 Å². The first-order valence-corrected chi connectivity index (χ1v) is 9.59. The minimum absolute atomic E-state index is 0. The van der Waals surface area contributed by atoms with Crippen LogP contribution in [0, 0.1) is 5.92 Å². The normalized spacial score (nSPS) is 16.8. The third-order valence-electron chi connectivity index (χ3n) is 4.36. The number of esters is 1. The fraction of sp³-hybridized carbons (Fsp3) is 0.526. The minimum Gasteiger partial charge on any atom is -0.466 e. The molecule has 1 atom stereocenters. The van der Waals surface area contributed by atoms with Gasteiger partial charge in [-0.1, -0.05) is 23.7 Å². The zero-order chi connectivity index (χ0) is 19.6. The Kier molecular flexibility index (Phi) is 11.2. The highest BCUT2D eigenvalue weighted by molar-refractivity contribution is 14.0. The van der Waals surface area contributed by atoms with Gasteiger partial charge in [0.05, 0.1) is 23.1 Å². The van der Waals surface area contributed by atoms with Crippen LogP contribution < -0.4 is 10.6 Å². The van der Waals surface area contributed by atoms with Crippen molar-refractivity contribution in [3.8, 4) is 0 Å². The second-order valence-corrected chi connectivity index (χ2v) is 6.65. The average Bonchev–Trinajstić information content (AvgIpc) is 2.68. The number of piperidine rings is 1. The maximum Gasteiger partial charge on any atom is 0.310 e. The predicted octanol–water partition coefficient (Wildman–Crippen LogP) is 2.54. The molecule has 1 unspecified atom stereocenters. The number of hydrogen-bond donors (Lipinski definition) is 2. The molecular formula is C19H28ClIN4O3. The molecule has 0 spiro atoms. The standard InChI is InChI=1S/C19H27ClN4O3.HI/c1-3-27-18(26)14-7-6-12-24(13-14)19(21-2)23-11-10-22-17(25)15-8-4-5-9-16(15)20;/h4-5,8-9,14H,3,6-7,10-13H2,1-2H3,(H,21,23)(H,22,25);1H. The second-order valence-electron chi connectivity index (χ2n) is 6.25. The van der Waals surface area contributed by atoms with Gasteiger partial charge < -0.3 is 20.3 Å². The summed E-state index contributed by atoms with van der Waals surface area (Å²) >= 11 is 6.03. The molecule has 156 valence electrons. The molecule has 2 rings (SSSR count). The van der Waals surface area contributed by atoms with Crippen LogP contribution in [-0.4, -0.2) is 62.6 Å². The maximum absolute atomic E-state index is 12.1. The van der Waals surface area contributed by atoms with Crippen molar-refractivity contribution in [2.24, 2.45) is 10.9 Å². The number of benzene rings is 1. The van der Waals surface area contributed by atoms with Gasteiger partial charge in [-0.05, 0) is 31.9 Å². The fourth-order valence-corrected chi connectivity index (χ4v) is 3.27. The number of nitrogens with zero attached hydrogens (tertiary/aromatic N) is 2. The molecule has 28 heavy (non-hydrogen) atoms. The van der Waals surface area contributed by atoms with E-state index in [0.29, 0.717) is 36.8 Å². The number of halogens is 2. The Morgan fingerprint density at radius 1 is 1.29 bits per heavy atom. The van der Waals surface area contributed by atoms with Gasteiger partial charge >= 0.3 is 5.97 Å². The lowest BCUT2D eigenvalue weighted by Crippen LogP contribution is -2.49. The number of likely N-dealkylation sites (tertiary alicyclic amines) is 1. The largest absolute Gasteiger partial charge is 0.466 e. The Hall–Kier alpha value is -1.55. The summed E-state index contributed by atoms with van der Waals surface area (Å²) in [5, 5.41) is 6.49. The molecule has 1 heterocycles. The van der Waals surface area contributed by atoms with Crippen LogP contribution in [0.4, 0.5) is 0 Å². The first-order chi connectivity index (χ1) is 13.1. The molecule has 1 aromatic rings. The molecule has 0 aromatic heterocycles. The second kappa shape index (κ2) is 12.8. The molecule has 1 amide bonds. The number of guanidine groups is 1. The topological polar surface area (TPSA) is 83.0 Å². The average molecular weight is 523 g/mol. The lowest BCUT2D eigenvalue weighted by atomic mass is 9.98. The van der Waals surface area contributed by atoms with Crippen molar-refractivity contribution < 1.29 is 14.3 Å². The summed E-state index contributed by atoms with van der Waals surface area (Å²) in [7, 11) is 1.71. The van der Waals surface area contributed by atoms with Crippen LogP contribution in [-0.2, 0) is 9.53 Å². The SMILES string of the molecule is CCOC(=O)C1CCCN(C(=NC)NCCNC(=O)c2ccccc2Cl)C1.I. The molecular weight excluding hydrogens is 495 g/mol. The summed E-state index contributed by atoms with van der Waals surface area (Å²) in [5.41, 5.74) is 0.455. The Bertz CT molecular complexity index is 687. The molecule has 1 aromatic carbocycles. The summed E-state index contributed by atoms with van der Waals surface area (Å²) in [6.07, 6.45) is 1.74. The number of carbonyl (C=O) groups is 2. The smallest absolute Gasteiger partial charge is 0.310 e. The number of rotatable bonds is 6. The van der Waals surface area contributed by atoms with E-state index in [9.17, 15) is 9.59 Å². The van der Waals surface area contributed by atoms with Gasteiger partial charge in [0.2, 0.25) is 0 Å². The van der Waals surface area contributed by atoms with E-state index in [1.807, 2.05) is 6.92 Å². The minimum atomic E-state index is -0.210. The zero-order valence-electron chi connectivity index (χ0n) is 16.2. The van der Waals surface area contributed by atoms with E-state index in [4.69, 9.17) is 16.3 Å². The highest BCUT2D eigenvalue weighted by Gasteiger charge is 2.28. The number of nitrogens with one attached hydrogen (secondary N) is 2. The van der Waals surface area contributed by atoms with Crippen molar-refractivity contribution in [3.05, 3.63) is 34.9 Å². The van der Waals surface area contributed by atoms with Crippen LogP contribution >= 0.6 is 35.6 Å². The van der Waals surface area contributed by atoms with Crippen molar-refractivity contribution in [3.63, 3.8) is 0 Å². The van der Waals surface area contributed by atoms with Gasteiger partial charge in [-0.15, -0.1) is 24.0 Å². The molecule has 9 heteroatoms. The van der Waals surface area contributed by atoms with Crippen molar-refractivity contribution in [2.45, 2.75) is 19.8 Å². The number of ether oxygens (including phenoxy) is 1. The molecule has 7 nitrogen and oxygen atoms in total. The number of carbonyl (C=O) groups excluding carboxylic acids is 2. The summed E-state index contributed by atoms with van der Waals surface area (Å²) in [5.74, 6) is 0.232. The predicted molar refractivity (Wildman–Crippen MR) is 121 cm³/mol. The Balaban J connectivity index is 0.00000392. The monoisotopic (exact) mass is 522 g/mol. The van der Waals surface area contributed by atoms with E-state index in [2.05, 4.69) is 20.5 Å². The van der Waals surface area contributed by atoms with Crippen LogP contribution in [0.5, 0.6) is 0 Å². The fourth-order valence-electron chi connectivity index (χ4n) is 3.05. The third-order valence-corrected chi connectivity index (χ3v) is 4.69. The van der Waals surface area contributed by atoms with Gasteiger partial charge in [0, 0.05) is 33.2 Å². The first-order valence-electron chi connectivity index (χ1n) is 9.21. The van der Waals surface area contributed by atoms with Crippen LogP contribution in [0.3, 0.4) is 0 Å². The summed E-state index contributed by atoms with van der Waals surface area (Å²) in [6, 6.07) is 6.93. The van der Waals surface area contributed by atoms with Crippen molar-refractivity contribution in [1.82, 2.24) is 15.5 Å². The van der Waals surface area contributed by atoms with Gasteiger partial charge in [0.25, 0.3) is 5.91 Å². The van der Waals surface area contributed by atoms with Crippen molar-refractivity contribution >= 4 is 53.4 Å². The Morgan fingerprint density at radius 2 is 2.00 bits per heavy atom. The highest BCUT2D eigenvalue weighted by atomic mass is 127. The van der Waals surface area contributed by atoms with E-state index < -0.39 is 0 Å². The van der Waals surface area contributed by atoms with E-state index in [0.717, 1.165) is 25.3 Å². The summed E-state index contributed by atoms with van der Waals surface area (Å²) in [6.45, 7) is 4.58. The Morgan fingerprint density at radius 3 is 2.68 bits per heavy atom. The van der Waals surface area contributed by atoms with Gasteiger partial charge in [-0.2, -0.15) is 0 Å². The number of aliphatic imine (C=N–C) groups is 1. The summed E-state index contributed by atoms with van der Waals surface area (Å²) < 4.78 is 5.14. The van der Waals surface area contributed by atoms with Crippen molar-refractivity contribution in [2.75, 3.05) is 39.8 Å². The molecule has 0 aliphatic carbocycles. The van der Waals surface area contributed by atoms with E-state index in [-0.39, 0.29) is 41.8 Å². The number of amides is 1. The molecule has 0 bridgehead atoms. The molecule has 1 aliphatic heterocycles. The first kappa shape index (κ1) is 24.5. The zero-order valence-corrected chi connectivity index (χ0v) is 19.3. The van der Waals surface area contributed by atoms with Crippen LogP contribution in [0.15, 0.2) is 29.3 Å². The lowest BCUT2D eigenvalue weighted by Gasteiger charge is -2.33.